The van der Waals surface area contributed by atoms with Crippen molar-refractivity contribution < 1.29 is 9.53 Å². The van der Waals surface area contributed by atoms with Crippen LogP contribution in [-0.4, -0.2) is 30.4 Å². The van der Waals surface area contributed by atoms with Gasteiger partial charge in [0.05, 0.1) is 6.61 Å². The second-order valence-electron chi connectivity index (χ2n) is 4.19. The Hall–Kier alpha value is -1.88. The standard InChI is InChI=1S/C13H17N3O2/c1-3-16-11(12(14)15-13(16)17)10-6-4-5-9(7-10)8-18-2/h4-7,11H,3,8H2,1-2H3,(H2,14,15,17). The molecule has 0 fully saturated rings. The third-order valence-electron chi connectivity index (χ3n) is 2.98. The lowest BCUT2D eigenvalue weighted by molar-refractivity contribution is 0.184. The van der Waals surface area contributed by atoms with Crippen molar-refractivity contribution in [3.63, 3.8) is 0 Å². The Bertz CT molecular complexity index is 485. The van der Waals surface area contributed by atoms with E-state index in [1.54, 1.807) is 12.0 Å². The number of hydrogen-bond donors (Lipinski definition) is 1. The molecule has 1 aliphatic heterocycles. The molecule has 96 valence electrons. The minimum atomic E-state index is -0.267. The maximum Gasteiger partial charge on any atom is 0.346 e. The summed E-state index contributed by atoms with van der Waals surface area (Å²) in [6.07, 6.45) is 0. The Morgan fingerprint density at radius 3 is 2.94 bits per heavy atom. The first-order valence-corrected chi connectivity index (χ1v) is 5.89. The zero-order valence-corrected chi connectivity index (χ0v) is 10.6. The number of hydrogen-bond acceptors (Lipinski definition) is 3. The number of urea groups is 1. The number of rotatable bonds is 4. The number of aliphatic imine (C=N–C) groups is 1. The summed E-state index contributed by atoms with van der Waals surface area (Å²) < 4.78 is 5.10. The van der Waals surface area contributed by atoms with Gasteiger partial charge in [-0.25, -0.2) is 4.79 Å². The fraction of sp³-hybridized carbons (Fsp3) is 0.385. The van der Waals surface area contributed by atoms with Crippen LogP contribution in [0.15, 0.2) is 29.3 Å². The highest BCUT2D eigenvalue weighted by Crippen LogP contribution is 2.27. The molecule has 0 saturated carbocycles. The van der Waals surface area contributed by atoms with E-state index in [2.05, 4.69) is 4.99 Å². The maximum absolute atomic E-state index is 11.6. The highest BCUT2D eigenvalue weighted by molar-refractivity contribution is 6.03. The molecular weight excluding hydrogens is 230 g/mol. The summed E-state index contributed by atoms with van der Waals surface area (Å²) in [5.41, 5.74) is 7.87. The van der Waals surface area contributed by atoms with Gasteiger partial charge >= 0.3 is 6.03 Å². The lowest BCUT2D eigenvalue weighted by Gasteiger charge is -2.23. The van der Waals surface area contributed by atoms with Crippen LogP contribution in [0.1, 0.15) is 24.1 Å². The molecule has 1 aromatic carbocycles. The lowest BCUT2D eigenvalue weighted by Crippen LogP contribution is -2.33. The summed E-state index contributed by atoms with van der Waals surface area (Å²) in [5.74, 6) is 0.358. The molecule has 1 heterocycles. The van der Waals surface area contributed by atoms with Gasteiger partial charge in [-0.2, -0.15) is 4.99 Å². The summed E-state index contributed by atoms with van der Waals surface area (Å²) >= 11 is 0. The molecule has 2 N–H and O–H groups in total. The van der Waals surface area contributed by atoms with Crippen molar-refractivity contribution in [2.45, 2.75) is 19.6 Å². The summed E-state index contributed by atoms with van der Waals surface area (Å²) in [4.78, 5) is 17.1. The van der Waals surface area contributed by atoms with Gasteiger partial charge in [0.15, 0.2) is 0 Å². The fourth-order valence-electron chi connectivity index (χ4n) is 2.19. The van der Waals surface area contributed by atoms with Crippen molar-refractivity contribution >= 4 is 11.9 Å². The van der Waals surface area contributed by atoms with Gasteiger partial charge < -0.3 is 15.4 Å². The molecule has 2 amide bonds. The molecule has 0 bridgehead atoms. The van der Waals surface area contributed by atoms with Gasteiger partial charge in [-0.3, -0.25) is 0 Å². The Labute approximate surface area is 106 Å². The van der Waals surface area contributed by atoms with Crippen LogP contribution >= 0.6 is 0 Å². The van der Waals surface area contributed by atoms with Crippen molar-refractivity contribution in [1.29, 1.82) is 0 Å². The topological polar surface area (TPSA) is 67.9 Å². The Morgan fingerprint density at radius 1 is 1.50 bits per heavy atom. The van der Waals surface area contributed by atoms with Crippen LogP contribution in [0.4, 0.5) is 4.79 Å². The van der Waals surface area contributed by atoms with E-state index in [0.29, 0.717) is 19.0 Å². The predicted octanol–water partition coefficient (Wildman–Crippen LogP) is 1.69. The molecule has 1 atom stereocenters. The molecule has 0 spiro atoms. The molecule has 5 heteroatoms. The second-order valence-corrected chi connectivity index (χ2v) is 4.19. The molecule has 0 aliphatic carbocycles. The van der Waals surface area contributed by atoms with Crippen LogP contribution in [0, 0.1) is 0 Å². The minimum Gasteiger partial charge on any atom is -0.385 e. The molecule has 1 aromatic rings. The van der Waals surface area contributed by atoms with Gasteiger partial charge in [0.25, 0.3) is 0 Å². The van der Waals surface area contributed by atoms with Crippen molar-refractivity contribution in [3.05, 3.63) is 35.4 Å². The van der Waals surface area contributed by atoms with Gasteiger partial charge in [-0.1, -0.05) is 24.3 Å². The van der Waals surface area contributed by atoms with Crippen molar-refractivity contribution in [2.75, 3.05) is 13.7 Å². The number of nitrogens with two attached hydrogens (primary N) is 1. The van der Waals surface area contributed by atoms with Gasteiger partial charge in [0.1, 0.15) is 11.9 Å². The van der Waals surface area contributed by atoms with Gasteiger partial charge in [0.2, 0.25) is 0 Å². The van der Waals surface area contributed by atoms with E-state index in [-0.39, 0.29) is 12.1 Å². The Morgan fingerprint density at radius 2 is 2.28 bits per heavy atom. The molecule has 1 unspecified atom stereocenters. The molecule has 0 aromatic heterocycles. The number of methoxy groups -OCH3 is 1. The summed E-state index contributed by atoms with van der Waals surface area (Å²) in [7, 11) is 1.65. The predicted molar refractivity (Wildman–Crippen MR) is 69.3 cm³/mol. The molecular formula is C13H17N3O2. The van der Waals surface area contributed by atoms with Crippen LogP contribution in [0.3, 0.4) is 0 Å². The summed E-state index contributed by atoms with van der Waals surface area (Å²) in [6, 6.07) is 7.35. The average Bonchev–Trinajstić information content (AvgIpc) is 2.64. The largest absolute Gasteiger partial charge is 0.385 e. The number of carbonyl (C=O) groups excluding carboxylic acids is 1. The number of carbonyl (C=O) groups is 1. The first kappa shape index (κ1) is 12.6. The Balaban J connectivity index is 2.32. The van der Waals surface area contributed by atoms with Gasteiger partial charge in [-0.15, -0.1) is 0 Å². The lowest BCUT2D eigenvalue weighted by atomic mass is 10.0. The van der Waals surface area contributed by atoms with Crippen molar-refractivity contribution in [1.82, 2.24) is 4.90 Å². The highest BCUT2D eigenvalue weighted by Gasteiger charge is 2.33. The van der Waals surface area contributed by atoms with E-state index in [4.69, 9.17) is 10.5 Å². The third-order valence-corrected chi connectivity index (χ3v) is 2.98. The minimum absolute atomic E-state index is 0.251. The SMILES string of the molecule is CCN1C(=O)N=C(N)C1c1cccc(COC)c1. The van der Waals surface area contributed by atoms with E-state index < -0.39 is 0 Å². The van der Waals surface area contributed by atoms with Crippen LogP contribution in [0.25, 0.3) is 0 Å². The number of amidine groups is 1. The van der Waals surface area contributed by atoms with Gasteiger partial charge in [-0.05, 0) is 18.1 Å². The number of benzene rings is 1. The monoisotopic (exact) mass is 247 g/mol. The first-order valence-electron chi connectivity index (χ1n) is 5.89. The van der Waals surface area contributed by atoms with E-state index in [9.17, 15) is 4.79 Å². The summed E-state index contributed by atoms with van der Waals surface area (Å²) in [6.45, 7) is 3.04. The summed E-state index contributed by atoms with van der Waals surface area (Å²) in [5, 5.41) is 0. The van der Waals surface area contributed by atoms with Crippen molar-refractivity contribution in [2.24, 2.45) is 10.7 Å². The smallest absolute Gasteiger partial charge is 0.346 e. The maximum atomic E-state index is 11.6. The van der Waals surface area contributed by atoms with Crippen LogP contribution < -0.4 is 5.73 Å². The molecule has 2 rings (SSSR count). The van der Waals surface area contributed by atoms with Crippen molar-refractivity contribution in [3.8, 4) is 0 Å². The second kappa shape index (κ2) is 5.18. The zero-order valence-electron chi connectivity index (χ0n) is 10.6. The zero-order chi connectivity index (χ0) is 13.1. The molecule has 0 radical (unpaired) electrons. The van der Waals surface area contributed by atoms with Crippen LogP contribution in [0.2, 0.25) is 0 Å². The first-order chi connectivity index (χ1) is 8.67. The van der Waals surface area contributed by atoms with E-state index in [1.807, 2.05) is 31.2 Å². The highest BCUT2D eigenvalue weighted by atomic mass is 16.5. The molecule has 18 heavy (non-hydrogen) atoms. The Kier molecular flexibility index (Phi) is 3.62. The number of amides is 2. The van der Waals surface area contributed by atoms with E-state index in [1.165, 1.54) is 0 Å². The van der Waals surface area contributed by atoms with E-state index in [0.717, 1.165) is 11.1 Å². The van der Waals surface area contributed by atoms with E-state index >= 15 is 0 Å². The number of nitrogens with zero attached hydrogens (tertiary/aromatic N) is 2. The normalized spacial score (nSPS) is 19.2. The van der Waals surface area contributed by atoms with Crippen LogP contribution in [0.5, 0.6) is 0 Å². The molecule has 0 saturated heterocycles. The molecule has 5 nitrogen and oxygen atoms in total. The van der Waals surface area contributed by atoms with Gasteiger partial charge in [0, 0.05) is 13.7 Å². The third kappa shape index (κ3) is 2.22. The quantitative estimate of drug-likeness (QED) is 0.880. The molecule has 1 aliphatic rings. The average molecular weight is 247 g/mol. The van der Waals surface area contributed by atoms with Crippen LogP contribution in [-0.2, 0) is 11.3 Å². The fourth-order valence-corrected chi connectivity index (χ4v) is 2.19. The number of likely N-dealkylation sites (N-methyl/N-ethyl adjacent to an activating group) is 1. The number of ether oxygens (including phenoxy) is 1.